The van der Waals surface area contributed by atoms with Crippen LogP contribution in [0.5, 0.6) is 0 Å². The van der Waals surface area contributed by atoms with Crippen molar-refractivity contribution in [1.29, 1.82) is 0 Å². The second-order valence-corrected chi connectivity index (χ2v) is 7.10. The smallest absolute Gasteiger partial charge is 0.251 e. The van der Waals surface area contributed by atoms with E-state index in [1.807, 2.05) is 30.3 Å². The second-order valence-electron chi connectivity index (χ2n) is 7.10. The van der Waals surface area contributed by atoms with Gasteiger partial charge in [0.25, 0.3) is 5.91 Å². The number of fused-ring (bicyclic) bond motifs is 1. The lowest BCUT2D eigenvalue weighted by Crippen LogP contribution is -2.26. The molecule has 1 fully saturated rings. The number of rotatable bonds is 7. The molecule has 3 heteroatoms. The molecule has 0 bridgehead atoms. The van der Waals surface area contributed by atoms with Crippen LogP contribution in [-0.4, -0.2) is 37.0 Å². The first-order valence-electron chi connectivity index (χ1n) is 9.83. The number of hydrogen-bond acceptors (Lipinski definition) is 2. The van der Waals surface area contributed by atoms with Crippen LogP contribution in [0.25, 0.3) is 10.8 Å². The zero-order valence-corrected chi connectivity index (χ0v) is 15.2. The number of carbonyl (C=O) groups excluding carboxylic acids is 1. The third kappa shape index (κ3) is 5.30. The number of nitrogens with one attached hydrogen (secondary N) is 1. The quantitative estimate of drug-likeness (QED) is 0.747. The van der Waals surface area contributed by atoms with E-state index in [0.717, 1.165) is 29.3 Å². The fourth-order valence-corrected chi connectivity index (χ4v) is 3.72. The van der Waals surface area contributed by atoms with Gasteiger partial charge in [0.15, 0.2) is 0 Å². The highest BCUT2D eigenvalue weighted by atomic mass is 16.1. The first-order chi connectivity index (χ1) is 12.3. The third-order valence-corrected chi connectivity index (χ3v) is 5.17. The van der Waals surface area contributed by atoms with Gasteiger partial charge < -0.3 is 10.2 Å². The van der Waals surface area contributed by atoms with Crippen molar-refractivity contribution >= 4 is 16.7 Å². The van der Waals surface area contributed by atoms with Gasteiger partial charge in [-0.25, -0.2) is 0 Å². The Bertz CT molecular complexity index is 669. The van der Waals surface area contributed by atoms with Gasteiger partial charge in [0.1, 0.15) is 0 Å². The van der Waals surface area contributed by atoms with Gasteiger partial charge in [0.2, 0.25) is 0 Å². The summed E-state index contributed by atoms with van der Waals surface area (Å²) in [5.41, 5.74) is 0.780. The predicted octanol–water partition coefficient (Wildman–Crippen LogP) is 4.62. The van der Waals surface area contributed by atoms with Crippen molar-refractivity contribution in [3.8, 4) is 0 Å². The van der Waals surface area contributed by atoms with E-state index in [1.165, 1.54) is 58.2 Å². The van der Waals surface area contributed by atoms with Gasteiger partial charge in [-0.2, -0.15) is 0 Å². The van der Waals surface area contributed by atoms with Gasteiger partial charge in [0, 0.05) is 12.1 Å². The molecule has 1 amide bonds. The average Bonchev–Trinajstić information content (AvgIpc) is 2.92. The normalized spacial score (nSPS) is 15.8. The Morgan fingerprint density at radius 1 is 0.880 bits per heavy atom. The van der Waals surface area contributed by atoms with E-state index in [9.17, 15) is 4.79 Å². The average molecular weight is 338 g/mol. The summed E-state index contributed by atoms with van der Waals surface area (Å²) in [5.74, 6) is 0.0457. The summed E-state index contributed by atoms with van der Waals surface area (Å²) in [5, 5.41) is 5.24. The van der Waals surface area contributed by atoms with Gasteiger partial charge in [-0.05, 0) is 62.2 Å². The minimum absolute atomic E-state index is 0.0457. The van der Waals surface area contributed by atoms with Crippen LogP contribution in [0.2, 0.25) is 0 Å². The second kappa shape index (κ2) is 9.57. The van der Waals surface area contributed by atoms with Crippen LogP contribution >= 0.6 is 0 Å². The Kier molecular flexibility index (Phi) is 6.87. The van der Waals surface area contributed by atoms with Crippen molar-refractivity contribution < 1.29 is 4.79 Å². The molecule has 134 valence electrons. The van der Waals surface area contributed by atoms with Crippen LogP contribution in [0.3, 0.4) is 0 Å². The maximum absolute atomic E-state index is 12.5. The summed E-state index contributed by atoms with van der Waals surface area (Å²) in [6.45, 7) is 4.54. The number of hydrogen-bond donors (Lipinski definition) is 1. The van der Waals surface area contributed by atoms with Gasteiger partial charge >= 0.3 is 0 Å². The van der Waals surface area contributed by atoms with Crippen LogP contribution < -0.4 is 5.32 Å². The molecular formula is C22H30N2O. The molecule has 3 rings (SSSR count). The van der Waals surface area contributed by atoms with E-state index in [0.29, 0.717) is 0 Å². The Balaban J connectivity index is 1.38. The van der Waals surface area contributed by atoms with Gasteiger partial charge in [0.05, 0.1) is 0 Å². The van der Waals surface area contributed by atoms with Crippen molar-refractivity contribution in [3.63, 3.8) is 0 Å². The van der Waals surface area contributed by atoms with Crippen molar-refractivity contribution in [2.75, 3.05) is 26.2 Å². The molecule has 0 unspecified atom stereocenters. The number of benzene rings is 2. The minimum Gasteiger partial charge on any atom is -0.352 e. The SMILES string of the molecule is O=C(NCCCCCN1CCCCCC1)c1cccc2ccccc12. The summed E-state index contributed by atoms with van der Waals surface area (Å²) in [6, 6.07) is 14.0. The molecule has 2 aromatic carbocycles. The van der Waals surface area contributed by atoms with Crippen LogP contribution in [0.1, 0.15) is 55.3 Å². The van der Waals surface area contributed by atoms with Crippen molar-refractivity contribution in [3.05, 3.63) is 48.0 Å². The maximum Gasteiger partial charge on any atom is 0.251 e. The molecule has 3 nitrogen and oxygen atoms in total. The van der Waals surface area contributed by atoms with Crippen LogP contribution in [0.4, 0.5) is 0 Å². The Labute approximate surface area is 151 Å². The summed E-state index contributed by atoms with van der Waals surface area (Å²) in [7, 11) is 0. The van der Waals surface area contributed by atoms with E-state index in [2.05, 4.69) is 22.3 Å². The Hall–Kier alpha value is -1.87. The first-order valence-corrected chi connectivity index (χ1v) is 9.83. The van der Waals surface area contributed by atoms with Crippen LogP contribution in [-0.2, 0) is 0 Å². The monoisotopic (exact) mass is 338 g/mol. The lowest BCUT2D eigenvalue weighted by atomic mass is 10.0. The molecule has 2 aromatic rings. The molecular weight excluding hydrogens is 308 g/mol. The molecule has 1 saturated heterocycles. The highest BCUT2D eigenvalue weighted by Gasteiger charge is 2.10. The molecule has 0 aromatic heterocycles. The minimum atomic E-state index is 0.0457. The molecule has 0 atom stereocenters. The summed E-state index contributed by atoms with van der Waals surface area (Å²) in [4.78, 5) is 15.1. The van der Waals surface area contributed by atoms with Crippen molar-refractivity contribution in [2.24, 2.45) is 0 Å². The Morgan fingerprint density at radius 2 is 1.64 bits per heavy atom. The van der Waals surface area contributed by atoms with Gasteiger partial charge in [-0.15, -0.1) is 0 Å². The van der Waals surface area contributed by atoms with E-state index >= 15 is 0 Å². The largest absolute Gasteiger partial charge is 0.352 e. The molecule has 0 radical (unpaired) electrons. The standard InChI is InChI=1S/C22H30N2O/c25-22(21-14-10-12-19-11-4-5-13-20(19)21)23-15-6-3-9-18-24-16-7-1-2-8-17-24/h4-5,10-14H,1-3,6-9,15-18H2,(H,23,25). The topological polar surface area (TPSA) is 32.3 Å². The van der Waals surface area contributed by atoms with Crippen molar-refractivity contribution in [1.82, 2.24) is 10.2 Å². The number of amides is 1. The van der Waals surface area contributed by atoms with E-state index < -0.39 is 0 Å². The van der Waals surface area contributed by atoms with Gasteiger partial charge in [-0.3, -0.25) is 4.79 Å². The molecule has 1 heterocycles. The molecule has 1 aliphatic heterocycles. The van der Waals surface area contributed by atoms with Gasteiger partial charge in [-0.1, -0.05) is 55.7 Å². The van der Waals surface area contributed by atoms with E-state index in [1.54, 1.807) is 0 Å². The molecule has 0 spiro atoms. The molecule has 1 aliphatic rings. The highest BCUT2D eigenvalue weighted by molar-refractivity contribution is 6.06. The molecule has 1 N–H and O–H groups in total. The third-order valence-electron chi connectivity index (χ3n) is 5.17. The first kappa shape index (κ1) is 17.9. The zero-order chi connectivity index (χ0) is 17.3. The summed E-state index contributed by atoms with van der Waals surface area (Å²) < 4.78 is 0. The number of likely N-dealkylation sites (tertiary alicyclic amines) is 1. The summed E-state index contributed by atoms with van der Waals surface area (Å²) >= 11 is 0. The number of carbonyl (C=O) groups is 1. The maximum atomic E-state index is 12.5. The van der Waals surface area contributed by atoms with Crippen molar-refractivity contribution in [2.45, 2.75) is 44.9 Å². The lowest BCUT2D eigenvalue weighted by Gasteiger charge is -2.19. The predicted molar refractivity (Wildman–Crippen MR) is 105 cm³/mol. The Morgan fingerprint density at radius 3 is 2.48 bits per heavy atom. The zero-order valence-electron chi connectivity index (χ0n) is 15.2. The molecule has 25 heavy (non-hydrogen) atoms. The fraction of sp³-hybridized carbons (Fsp3) is 0.500. The fourth-order valence-electron chi connectivity index (χ4n) is 3.72. The molecule has 0 saturated carbocycles. The van der Waals surface area contributed by atoms with E-state index in [-0.39, 0.29) is 5.91 Å². The lowest BCUT2D eigenvalue weighted by molar-refractivity contribution is 0.0954. The summed E-state index contributed by atoms with van der Waals surface area (Å²) in [6.07, 6.45) is 9.01. The number of unbranched alkanes of at least 4 members (excludes halogenated alkanes) is 2. The van der Waals surface area contributed by atoms with Crippen LogP contribution in [0, 0.1) is 0 Å². The number of nitrogens with zero attached hydrogens (tertiary/aromatic N) is 1. The van der Waals surface area contributed by atoms with Crippen LogP contribution in [0.15, 0.2) is 42.5 Å². The van der Waals surface area contributed by atoms with E-state index in [4.69, 9.17) is 0 Å². The molecule has 0 aliphatic carbocycles. The highest BCUT2D eigenvalue weighted by Crippen LogP contribution is 2.18.